The molecule has 15 heteroatoms. The normalized spacial score (nSPS) is 11.2. The molecule has 2 amide bonds. The van der Waals surface area contributed by atoms with Crippen LogP contribution in [0.5, 0.6) is 0 Å². The molecule has 214 valence electrons. The maximum Gasteiger partial charge on any atom is 0.317 e. The number of carbonyl (C=O) groups is 5. The minimum atomic E-state index is -1.14. The van der Waals surface area contributed by atoms with E-state index in [-0.39, 0.29) is 58.9 Å². The van der Waals surface area contributed by atoms with Crippen molar-refractivity contribution < 1.29 is 48.8 Å². The molecular weight excluding hydrogens is 494 g/mol. The van der Waals surface area contributed by atoms with Gasteiger partial charge in [0.05, 0.1) is 45.9 Å². The Morgan fingerprint density at radius 1 is 0.568 bits per heavy atom. The summed E-state index contributed by atoms with van der Waals surface area (Å²) in [4.78, 5) is 62.3. The van der Waals surface area contributed by atoms with Gasteiger partial charge < -0.3 is 35.4 Å². The van der Waals surface area contributed by atoms with Crippen LogP contribution < -0.4 is 10.6 Å². The Balaban J connectivity index is 4.97. The maximum atomic E-state index is 12.1. The number of hydrogen-bond donors (Lipinski definition) is 5. The van der Waals surface area contributed by atoms with E-state index in [9.17, 15) is 39.3 Å². The van der Waals surface area contributed by atoms with Crippen molar-refractivity contribution in [3.8, 4) is 0 Å². The van der Waals surface area contributed by atoms with Crippen LogP contribution in [0.25, 0.3) is 0 Å². The van der Waals surface area contributed by atoms with Crippen LogP contribution >= 0.6 is 0 Å². The fraction of sp³-hybridized carbons (Fsp3) is 0.773. The summed E-state index contributed by atoms with van der Waals surface area (Å²) in [5, 5.41) is 32.9. The maximum absolute atomic E-state index is 12.1. The number of amides is 2. The van der Waals surface area contributed by atoms with Crippen LogP contribution in [-0.2, 0) is 33.4 Å². The van der Waals surface area contributed by atoms with Crippen molar-refractivity contribution in [2.45, 2.75) is 13.8 Å². The molecule has 0 aliphatic carbocycles. The molecule has 0 aromatic carbocycles. The Bertz CT molecular complexity index is 659. The van der Waals surface area contributed by atoms with E-state index in [4.69, 9.17) is 9.47 Å². The first-order valence-electron chi connectivity index (χ1n) is 12.1. The fourth-order valence-electron chi connectivity index (χ4n) is 3.17. The van der Waals surface area contributed by atoms with Crippen molar-refractivity contribution in [2.24, 2.45) is 0 Å². The Hall–Kier alpha value is -2.85. The molecule has 0 aliphatic rings. The summed E-state index contributed by atoms with van der Waals surface area (Å²) in [7, 11) is 0. The SMILES string of the molecule is CCOCCNC(=O)CN(CCN(CCN(CC(=O)O)CC(=O)NCCOCC)CC(=O)O)CC(=O)O. The van der Waals surface area contributed by atoms with Crippen LogP contribution in [0.2, 0.25) is 0 Å². The second-order valence-electron chi connectivity index (χ2n) is 7.97. The third-order valence-electron chi connectivity index (χ3n) is 4.82. The zero-order valence-electron chi connectivity index (χ0n) is 21.6. The molecule has 0 atom stereocenters. The molecule has 0 aromatic heterocycles. The predicted octanol–water partition coefficient (Wildman–Crippen LogP) is -2.55. The Kier molecular flexibility index (Phi) is 19.6. The number of nitrogens with zero attached hydrogens (tertiary/aromatic N) is 3. The number of hydrogen-bond acceptors (Lipinski definition) is 10. The third kappa shape index (κ3) is 21.0. The van der Waals surface area contributed by atoms with Gasteiger partial charge in [-0.25, -0.2) is 0 Å². The molecule has 0 unspecified atom stereocenters. The summed E-state index contributed by atoms with van der Waals surface area (Å²) < 4.78 is 10.3. The molecule has 15 nitrogen and oxygen atoms in total. The number of carboxylic acid groups (broad SMARTS) is 3. The minimum absolute atomic E-state index is 0.0787. The lowest BCUT2D eigenvalue weighted by Gasteiger charge is -2.28. The first-order chi connectivity index (χ1) is 17.6. The predicted molar refractivity (Wildman–Crippen MR) is 131 cm³/mol. The number of carbonyl (C=O) groups excluding carboxylic acids is 2. The molecule has 0 saturated heterocycles. The largest absolute Gasteiger partial charge is 0.480 e. The van der Waals surface area contributed by atoms with Crippen molar-refractivity contribution in [3.05, 3.63) is 0 Å². The van der Waals surface area contributed by atoms with Crippen LogP contribution in [0, 0.1) is 0 Å². The third-order valence-corrected chi connectivity index (χ3v) is 4.82. The number of aliphatic carboxylic acids is 3. The number of ether oxygens (including phenoxy) is 2. The van der Waals surface area contributed by atoms with E-state index in [1.54, 1.807) is 0 Å². The molecule has 0 aliphatic heterocycles. The van der Waals surface area contributed by atoms with Gasteiger partial charge >= 0.3 is 17.9 Å². The summed E-state index contributed by atoms with van der Waals surface area (Å²) in [6, 6.07) is 0. The summed E-state index contributed by atoms with van der Waals surface area (Å²) in [5.74, 6) is -4.20. The smallest absolute Gasteiger partial charge is 0.317 e. The Morgan fingerprint density at radius 3 is 1.22 bits per heavy atom. The van der Waals surface area contributed by atoms with Gasteiger partial charge in [0.1, 0.15) is 0 Å². The van der Waals surface area contributed by atoms with Crippen LogP contribution in [-0.4, -0.2) is 158 Å². The van der Waals surface area contributed by atoms with Gasteiger partial charge in [0.15, 0.2) is 0 Å². The topological polar surface area (TPSA) is 198 Å². The average Bonchev–Trinajstić information content (AvgIpc) is 2.80. The van der Waals surface area contributed by atoms with Gasteiger partial charge in [0, 0.05) is 52.5 Å². The lowest BCUT2D eigenvalue weighted by atomic mass is 10.3. The second-order valence-corrected chi connectivity index (χ2v) is 7.97. The molecule has 0 radical (unpaired) electrons. The lowest BCUT2D eigenvalue weighted by molar-refractivity contribution is -0.141. The van der Waals surface area contributed by atoms with Crippen molar-refractivity contribution >= 4 is 29.7 Å². The van der Waals surface area contributed by atoms with Crippen molar-refractivity contribution in [1.82, 2.24) is 25.3 Å². The van der Waals surface area contributed by atoms with Crippen LogP contribution in [0.4, 0.5) is 0 Å². The monoisotopic (exact) mass is 535 g/mol. The second kappa shape index (κ2) is 21.3. The average molecular weight is 536 g/mol. The molecule has 37 heavy (non-hydrogen) atoms. The van der Waals surface area contributed by atoms with Gasteiger partial charge in [0.25, 0.3) is 0 Å². The van der Waals surface area contributed by atoms with E-state index in [1.807, 2.05) is 13.8 Å². The van der Waals surface area contributed by atoms with E-state index in [1.165, 1.54) is 14.7 Å². The molecule has 5 N–H and O–H groups in total. The summed E-state index contributed by atoms with van der Waals surface area (Å²) >= 11 is 0. The molecule has 0 bridgehead atoms. The Labute approximate surface area is 216 Å². The fourth-order valence-corrected chi connectivity index (χ4v) is 3.17. The minimum Gasteiger partial charge on any atom is -0.480 e. The van der Waals surface area contributed by atoms with E-state index in [0.29, 0.717) is 26.4 Å². The zero-order valence-corrected chi connectivity index (χ0v) is 21.6. The van der Waals surface area contributed by atoms with Crippen molar-refractivity contribution in [2.75, 3.05) is 98.4 Å². The quantitative estimate of drug-likeness (QED) is 0.0810. The van der Waals surface area contributed by atoms with Gasteiger partial charge in [-0.1, -0.05) is 0 Å². The van der Waals surface area contributed by atoms with Gasteiger partial charge in [-0.05, 0) is 13.8 Å². The molecule has 0 spiro atoms. The standard InChI is InChI=1S/C22H41N5O10/c1-3-36-11-5-23-18(28)13-26(16-21(32)33)9-7-25(15-20(30)31)8-10-27(17-22(34)35)14-19(29)24-6-12-37-4-2/h3-17H2,1-2H3,(H,23,28)(H,24,29)(H,30,31)(H,32,33)(H,34,35). The highest BCUT2D eigenvalue weighted by atomic mass is 16.5. The number of carboxylic acids is 3. The molecule has 0 heterocycles. The highest BCUT2D eigenvalue weighted by Crippen LogP contribution is 1.97. The highest BCUT2D eigenvalue weighted by molar-refractivity contribution is 5.79. The van der Waals surface area contributed by atoms with Gasteiger partial charge in [0.2, 0.25) is 11.8 Å². The van der Waals surface area contributed by atoms with E-state index in [2.05, 4.69) is 10.6 Å². The van der Waals surface area contributed by atoms with Gasteiger partial charge in [-0.3, -0.25) is 38.7 Å². The molecule has 0 saturated carbocycles. The summed E-state index contributed by atoms with van der Waals surface area (Å²) in [6.45, 7) is 4.57. The first kappa shape index (κ1) is 34.1. The Morgan fingerprint density at radius 2 is 0.892 bits per heavy atom. The van der Waals surface area contributed by atoms with E-state index >= 15 is 0 Å². The zero-order chi connectivity index (χ0) is 28.1. The highest BCUT2D eigenvalue weighted by Gasteiger charge is 2.19. The lowest BCUT2D eigenvalue weighted by Crippen LogP contribution is -2.47. The number of nitrogens with one attached hydrogen (secondary N) is 2. The first-order valence-corrected chi connectivity index (χ1v) is 12.1. The van der Waals surface area contributed by atoms with Crippen LogP contribution in [0.3, 0.4) is 0 Å². The molecular formula is C22H41N5O10. The molecule has 0 fully saturated rings. The molecule has 0 rings (SSSR count). The van der Waals surface area contributed by atoms with Crippen LogP contribution in [0.15, 0.2) is 0 Å². The van der Waals surface area contributed by atoms with Crippen LogP contribution in [0.1, 0.15) is 13.8 Å². The summed E-state index contributed by atoms with van der Waals surface area (Å²) in [5.41, 5.74) is 0. The molecule has 0 aromatic rings. The summed E-state index contributed by atoms with van der Waals surface area (Å²) in [6.07, 6.45) is 0. The van der Waals surface area contributed by atoms with Crippen molar-refractivity contribution in [3.63, 3.8) is 0 Å². The van der Waals surface area contributed by atoms with Gasteiger partial charge in [-0.2, -0.15) is 0 Å². The van der Waals surface area contributed by atoms with Gasteiger partial charge in [-0.15, -0.1) is 0 Å². The number of rotatable bonds is 24. The van der Waals surface area contributed by atoms with Crippen molar-refractivity contribution in [1.29, 1.82) is 0 Å². The van der Waals surface area contributed by atoms with E-state index < -0.39 is 42.8 Å². The van der Waals surface area contributed by atoms with E-state index in [0.717, 1.165) is 0 Å².